The summed E-state index contributed by atoms with van der Waals surface area (Å²) in [6.07, 6.45) is 1.12. The Kier molecular flexibility index (Phi) is 6.03. The van der Waals surface area contributed by atoms with E-state index < -0.39 is 11.9 Å². The summed E-state index contributed by atoms with van der Waals surface area (Å²) in [5, 5.41) is 9.03. The number of hydrogen-bond acceptors (Lipinski definition) is 3. The number of nitrogens with zero attached hydrogens (tertiary/aromatic N) is 1. The molecule has 0 fully saturated rings. The van der Waals surface area contributed by atoms with Crippen molar-refractivity contribution >= 4 is 17.6 Å². The van der Waals surface area contributed by atoms with Crippen LogP contribution in [-0.2, 0) is 9.59 Å². The Labute approximate surface area is 119 Å². The van der Waals surface area contributed by atoms with Gasteiger partial charge in [-0.05, 0) is 18.6 Å². The Hall–Kier alpha value is -2.04. The summed E-state index contributed by atoms with van der Waals surface area (Å²) >= 11 is 0. The second-order valence-electron chi connectivity index (χ2n) is 4.70. The number of rotatable bonds is 7. The van der Waals surface area contributed by atoms with Gasteiger partial charge in [0.2, 0.25) is 5.91 Å². The number of anilines is 1. The molecule has 0 heterocycles. The van der Waals surface area contributed by atoms with Gasteiger partial charge in [0, 0.05) is 24.7 Å². The van der Waals surface area contributed by atoms with Crippen LogP contribution in [0.1, 0.15) is 26.7 Å². The maximum atomic E-state index is 12.2. The second kappa shape index (κ2) is 7.53. The summed E-state index contributed by atoms with van der Waals surface area (Å²) in [6, 6.07) is 7.09. The van der Waals surface area contributed by atoms with Gasteiger partial charge < -0.3 is 14.7 Å². The van der Waals surface area contributed by atoms with Crippen molar-refractivity contribution in [3.05, 3.63) is 24.3 Å². The lowest BCUT2D eigenvalue weighted by molar-refractivity contribution is -0.140. The molecule has 1 unspecified atom stereocenters. The lowest BCUT2D eigenvalue weighted by Crippen LogP contribution is -2.36. The van der Waals surface area contributed by atoms with E-state index in [0.29, 0.717) is 17.9 Å². The summed E-state index contributed by atoms with van der Waals surface area (Å²) in [5.41, 5.74) is 0.663. The van der Waals surface area contributed by atoms with Crippen molar-refractivity contribution in [3.8, 4) is 5.75 Å². The minimum absolute atomic E-state index is 0.0751. The van der Waals surface area contributed by atoms with E-state index in [2.05, 4.69) is 0 Å². The molecule has 1 aromatic rings. The first-order chi connectivity index (χ1) is 9.49. The highest BCUT2D eigenvalue weighted by Crippen LogP contribution is 2.23. The van der Waals surface area contributed by atoms with Gasteiger partial charge in [0.05, 0.1) is 13.0 Å². The van der Waals surface area contributed by atoms with Gasteiger partial charge in [0.1, 0.15) is 5.75 Å². The smallest absolute Gasteiger partial charge is 0.308 e. The maximum Gasteiger partial charge on any atom is 0.308 e. The first kappa shape index (κ1) is 16.0. The first-order valence-electron chi connectivity index (χ1n) is 6.66. The normalized spacial score (nSPS) is 11.8. The molecular formula is C15H21NO4. The van der Waals surface area contributed by atoms with Crippen LogP contribution in [0.15, 0.2) is 24.3 Å². The van der Waals surface area contributed by atoms with Crippen molar-refractivity contribution in [3.63, 3.8) is 0 Å². The van der Waals surface area contributed by atoms with E-state index in [9.17, 15) is 9.59 Å². The van der Waals surface area contributed by atoms with Crippen molar-refractivity contribution in [2.75, 3.05) is 18.6 Å². The van der Waals surface area contributed by atoms with Crippen molar-refractivity contribution < 1.29 is 19.4 Å². The van der Waals surface area contributed by atoms with Crippen molar-refractivity contribution in [1.29, 1.82) is 0 Å². The molecule has 0 aliphatic heterocycles. The number of ether oxygens (including phenoxy) is 1. The van der Waals surface area contributed by atoms with Crippen molar-refractivity contribution in [2.24, 2.45) is 5.92 Å². The second-order valence-corrected chi connectivity index (χ2v) is 4.70. The summed E-state index contributed by atoms with van der Waals surface area (Å²) < 4.78 is 5.14. The zero-order valence-corrected chi connectivity index (χ0v) is 12.1. The van der Waals surface area contributed by atoms with E-state index in [1.165, 1.54) is 4.90 Å². The molecule has 0 bridgehead atoms. The van der Waals surface area contributed by atoms with Gasteiger partial charge in [-0.15, -0.1) is 0 Å². The molecule has 1 aromatic carbocycles. The highest BCUT2D eigenvalue weighted by Gasteiger charge is 2.21. The fourth-order valence-electron chi connectivity index (χ4n) is 1.83. The molecular weight excluding hydrogens is 258 g/mol. The third kappa shape index (κ3) is 4.26. The van der Waals surface area contributed by atoms with Crippen LogP contribution in [0.4, 0.5) is 5.69 Å². The molecule has 110 valence electrons. The lowest BCUT2D eigenvalue weighted by Gasteiger charge is -2.25. The van der Waals surface area contributed by atoms with Crippen LogP contribution < -0.4 is 9.64 Å². The van der Waals surface area contributed by atoms with Crippen molar-refractivity contribution in [1.82, 2.24) is 0 Å². The van der Waals surface area contributed by atoms with Crippen LogP contribution in [0, 0.1) is 5.92 Å². The van der Waals surface area contributed by atoms with Gasteiger partial charge >= 0.3 is 5.97 Å². The van der Waals surface area contributed by atoms with E-state index in [0.717, 1.165) is 6.42 Å². The standard InChI is InChI=1S/C15H21NO4/c1-4-6-14(17)16(10-11(2)15(18)19)12-7-5-8-13(9-12)20-3/h5,7-9,11H,4,6,10H2,1-3H3,(H,18,19). The number of hydrogen-bond donors (Lipinski definition) is 1. The fourth-order valence-corrected chi connectivity index (χ4v) is 1.83. The number of amides is 1. The van der Waals surface area contributed by atoms with E-state index in [4.69, 9.17) is 9.84 Å². The average molecular weight is 279 g/mol. The Morgan fingerprint density at radius 1 is 1.40 bits per heavy atom. The molecule has 0 spiro atoms. The molecule has 1 rings (SSSR count). The van der Waals surface area contributed by atoms with Gasteiger partial charge in [-0.2, -0.15) is 0 Å². The number of carbonyl (C=O) groups excluding carboxylic acids is 1. The number of carboxylic acid groups (broad SMARTS) is 1. The van der Waals surface area contributed by atoms with Gasteiger partial charge in [0.15, 0.2) is 0 Å². The Balaban J connectivity index is 3.02. The van der Waals surface area contributed by atoms with E-state index in [1.54, 1.807) is 38.3 Å². The zero-order chi connectivity index (χ0) is 15.1. The molecule has 0 aliphatic carbocycles. The average Bonchev–Trinajstić information content (AvgIpc) is 2.44. The van der Waals surface area contributed by atoms with Crippen LogP contribution >= 0.6 is 0 Å². The molecule has 1 amide bonds. The highest BCUT2D eigenvalue weighted by atomic mass is 16.5. The summed E-state index contributed by atoms with van der Waals surface area (Å²) in [7, 11) is 1.55. The molecule has 0 aromatic heterocycles. The van der Waals surface area contributed by atoms with Crippen LogP contribution in [0.3, 0.4) is 0 Å². The predicted molar refractivity (Wildman–Crippen MR) is 77.1 cm³/mol. The van der Waals surface area contributed by atoms with Crippen LogP contribution in [0.25, 0.3) is 0 Å². The van der Waals surface area contributed by atoms with Crippen LogP contribution in [-0.4, -0.2) is 30.6 Å². The Morgan fingerprint density at radius 2 is 2.10 bits per heavy atom. The topological polar surface area (TPSA) is 66.8 Å². The molecule has 0 saturated carbocycles. The van der Waals surface area contributed by atoms with Crippen LogP contribution in [0.2, 0.25) is 0 Å². The number of benzene rings is 1. The Bertz CT molecular complexity index is 473. The molecule has 1 N–H and O–H groups in total. The highest BCUT2D eigenvalue weighted by molar-refractivity contribution is 5.94. The number of methoxy groups -OCH3 is 1. The molecule has 0 saturated heterocycles. The quantitative estimate of drug-likeness (QED) is 0.833. The summed E-state index contributed by atoms with van der Waals surface area (Å²) in [4.78, 5) is 24.7. The fraction of sp³-hybridized carbons (Fsp3) is 0.467. The monoisotopic (exact) mass is 279 g/mol. The molecule has 20 heavy (non-hydrogen) atoms. The maximum absolute atomic E-state index is 12.2. The summed E-state index contributed by atoms with van der Waals surface area (Å²) in [6.45, 7) is 3.67. The molecule has 5 heteroatoms. The van der Waals surface area contributed by atoms with E-state index in [-0.39, 0.29) is 12.5 Å². The van der Waals surface area contributed by atoms with Gasteiger partial charge in [-0.1, -0.05) is 19.9 Å². The largest absolute Gasteiger partial charge is 0.497 e. The van der Waals surface area contributed by atoms with E-state index >= 15 is 0 Å². The SMILES string of the molecule is CCCC(=O)N(CC(C)C(=O)O)c1cccc(OC)c1. The molecule has 0 radical (unpaired) electrons. The van der Waals surface area contributed by atoms with Crippen molar-refractivity contribution in [2.45, 2.75) is 26.7 Å². The number of aliphatic carboxylic acids is 1. The minimum atomic E-state index is -0.915. The van der Waals surface area contributed by atoms with Gasteiger partial charge in [-0.25, -0.2) is 0 Å². The minimum Gasteiger partial charge on any atom is -0.497 e. The first-order valence-corrected chi connectivity index (χ1v) is 6.66. The molecule has 0 aliphatic rings. The molecule has 1 atom stereocenters. The summed E-state index contributed by atoms with van der Waals surface area (Å²) in [5.74, 6) is -0.974. The lowest BCUT2D eigenvalue weighted by atomic mass is 10.1. The predicted octanol–water partition coefficient (Wildman–Crippen LogP) is 2.55. The third-order valence-electron chi connectivity index (χ3n) is 3.01. The van der Waals surface area contributed by atoms with E-state index in [1.807, 2.05) is 6.92 Å². The van der Waals surface area contributed by atoms with Gasteiger partial charge in [-0.3, -0.25) is 9.59 Å². The van der Waals surface area contributed by atoms with Crippen LogP contribution in [0.5, 0.6) is 5.75 Å². The zero-order valence-electron chi connectivity index (χ0n) is 12.1. The Morgan fingerprint density at radius 3 is 2.65 bits per heavy atom. The van der Waals surface area contributed by atoms with Gasteiger partial charge in [0.25, 0.3) is 0 Å². The number of carboxylic acids is 1. The molecule has 5 nitrogen and oxygen atoms in total. The third-order valence-corrected chi connectivity index (χ3v) is 3.01. The number of carbonyl (C=O) groups is 2.